The highest BCUT2D eigenvalue weighted by Crippen LogP contribution is 2.33. The highest BCUT2D eigenvalue weighted by molar-refractivity contribution is 6.25. The van der Waals surface area contributed by atoms with E-state index in [-0.39, 0.29) is 43.5 Å². The molecule has 7 N–H and O–H groups in total. The Hall–Kier alpha value is -3.05. The number of hydrogen-bond acceptors (Lipinski definition) is 8. The molecule has 1 atom stereocenters. The standard InChI is InChI=1S/C18H25BN4O6/c1-22-7-11(6-20)15(21)17(25)23-8-12(9-23)29-13-3-2-10(4-5-19-28)16(24)14(13)18(26)27/h2-3,6-7,12,15,19-20,22,24,28H,4-5,8-9,21H2,1H3,(H,26,27)/b11-7+,20-6?. The van der Waals surface area contributed by atoms with E-state index in [1.54, 1.807) is 13.1 Å². The maximum Gasteiger partial charge on any atom is 0.343 e. The molecule has 1 heterocycles. The van der Waals surface area contributed by atoms with Crippen LogP contribution in [0.3, 0.4) is 0 Å². The number of carbonyl (C=O) groups excluding carboxylic acids is 1. The molecule has 0 bridgehead atoms. The van der Waals surface area contributed by atoms with Crippen LogP contribution < -0.4 is 15.8 Å². The van der Waals surface area contributed by atoms with Crippen LogP contribution in [0.15, 0.2) is 23.9 Å². The number of aryl methyl sites for hydroxylation is 1. The Balaban J connectivity index is 2.05. The van der Waals surface area contributed by atoms with E-state index in [9.17, 15) is 19.8 Å². The average Bonchev–Trinajstić information content (AvgIpc) is 2.66. The van der Waals surface area contributed by atoms with Gasteiger partial charge in [0.2, 0.25) is 5.91 Å². The number of aromatic carboxylic acids is 1. The number of aromatic hydroxyl groups is 1. The van der Waals surface area contributed by atoms with Crippen LogP contribution in [0.25, 0.3) is 0 Å². The monoisotopic (exact) mass is 404 g/mol. The van der Waals surface area contributed by atoms with E-state index in [2.05, 4.69) is 5.32 Å². The third-order valence-corrected chi connectivity index (χ3v) is 4.60. The molecule has 1 saturated heterocycles. The first-order chi connectivity index (χ1) is 13.8. The predicted octanol–water partition coefficient (Wildman–Crippen LogP) is -0.935. The number of carboxylic acid groups (broad SMARTS) is 1. The first kappa shape index (κ1) is 22.2. The van der Waals surface area contributed by atoms with Gasteiger partial charge in [0.25, 0.3) is 7.48 Å². The topological polar surface area (TPSA) is 169 Å². The van der Waals surface area contributed by atoms with Crippen molar-refractivity contribution in [3.8, 4) is 11.5 Å². The lowest BCUT2D eigenvalue weighted by Gasteiger charge is -2.40. The maximum atomic E-state index is 12.4. The Morgan fingerprint density at radius 2 is 2.17 bits per heavy atom. The van der Waals surface area contributed by atoms with Gasteiger partial charge in [0.1, 0.15) is 29.2 Å². The molecule has 11 heteroatoms. The number of likely N-dealkylation sites (tertiary alicyclic amines) is 1. The SMILES string of the molecule is CN/C=C(\C=N)C(N)C(=O)N1CC(Oc2ccc(CCBO)c(O)c2C(=O)O)C1. The summed E-state index contributed by atoms with van der Waals surface area (Å²) in [5.74, 6) is -2.06. The van der Waals surface area contributed by atoms with Gasteiger partial charge in [-0.1, -0.05) is 6.07 Å². The number of nitrogens with one attached hydrogen (secondary N) is 2. The van der Waals surface area contributed by atoms with Crippen molar-refractivity contribution in [3.63, 3.8) is 0 Å². The second kappa shape index (κ2) is 9.94. The fourth-order valence-electron chi connectivity index (χ4n) is 2.99. The second-order valence-corrected chi connectivity index (χ2v) is 6.62. The van der Waals surface area contributed by atoms with E-state index in [1.165, 1.54) is 17.2 Å². The van der Waals surface area contributed by atoms with Crippen molar-refractivity contribution in [2.24, 2.45) is 5.73 Å². The molecule has 1 aliphatic heterocycles. The van der Waals surface area contributed by atoms with E-state index in [1.807, 2.05) is 0 Å². The number of phenols is 1. The van der Waals surface area contributed by atoms with Gasteiger partial charge in [-0.3, -0.25) is 4.79 Å². The zero-order valence-corrected chi connectivity index (χ0v) is 16.1. The van der Waals surface area contributed by atoms with Crippen LogP contribution in [0.5, 0.6) is 11.5 Å². The van der Waals surface area contributed by atoms with E-state index >= 15 is 0 Å². The zero-order valence-electron chi connectivity index (χ0n) is 16.1. The van der Waals surface area contributed by atoms with Gasteiger partial charge in [0.15, 0.2) is 0 Å². The summed E-state index contributed by atoms with van der Waals surface area (Å²) in [4.78, 5) is 25.4. The fraction of sp³-hybridized carbons (Fsp3) is 0.389. The first-order valence-corrected chi connectivity index (χ1v) is 9.11. The van der Waals surface area contributed by atoms with Crippen LogP contribution in [0, 0.1) is 5.41 Å². The number of hydrogen-bond donors (Lipinski definition) is 6. The Morgan fingerprint density at radius 3 is 2.72 bits per heavy atom. The van der Waals surface area contributed by atoms with Crippen molar-refractivity contribution in [2.45, 2.75) is 24.9 Å². The minimum absolute atomic E-state index is 0.0133. The smallest absolute Gasteiger partial charge is 0.343 e. The summed E-state index contributed by atoms with van der Waals surface area (Å²) >= 11 is 0. The number of ether oxygens (including phenoxy) is 1. The van der Waals surface area contributed by atoms with Crippen LogP contribution in [0.2, 0.25) is 6.32 Å². The molecule has 0 spiro atoms. The van der Waals surface area contributed by atoms with Gasteiger partial charge in [-0.05, 0) is 24.4 Å². The van der Waals surface area contributed by atoms with Crippen LogP contribution in [0.1, 0.15) is 15.9 Å². The molecule has 1 fully saturated rings. The average molecular weight is 404 g/mol. The molecular formula is C18H25BN4O6. The minimum Gasteiger partial charge on any atom is -0.507 e. The minimum atomic E-state index is -1.33. The molecule has 29 heavy (non-hydrogen) atoms. The van der Waals surface area contributed by atoms with Gasteiger partial charge >= 0.3 is 5.97 Å². The van der Waals surface area contributed by atoms with Gasteiger partial charge in [0, 0.05) is 25.0 Å². The van der Waals surface area contributed by atoms with Gasteiger partial charge in [-0.2, -0.15) is 0 Å². The summed E-state index contributed by atoms with van der Waals surface area (Å²) in [7, 11) is 1.57. The van der Waals surface area contributed by atoms with Crippen molar-refractivity contribution in [3.05, 3.63) is 35.0 Å². The van der Waals surface area contributed by atoms with Crippen LogP contribution >= 0.6 is 0 Å². The Morgan fingerprint density at radius 1 is 1.48 bits per heavy atom. The van der Waals surface area contributed by atoms with Gasteiger partial charge in [-0.25, -0.2) is 4.79 Å². The van der Waals surface area contributed by atoms with E-state index in [0.29, 0.717) is 23.9 Å². The van der Waals surface area contributed by atoms with Crippen molar-refractivity contribution >= 4 is 25.6 Å². The number of benzene rings is 1. The van der Waals surface area contributed by atoms with Crippen molar-refractivity contribution < 1.29 is 29.6 Å². The molecule has 1 amide bonds. The fourth-order valence-corrected chi connectivity index (χ4v) is 2.99. The zero-order chi connectivity index (χ0) is 21.6. The summed E-state index contributed by atoms with van der Waals surface area (Å²) < 4.78 is 5.68. The predicted molar refractivity (Wildman–Crippen MR) is 108 cm³/mol. The highest BCUT2D eigenvalue weighted by Gasteiger charge is 2.36. The molecule has 1 aliphatic rings. The van der Waals surface area contributed by atoms with Crippen molar-refractivity contribution in [1.29, 1.82) is 5.41 Å². The van der Waals surface area contributed by atoms with E-state index in [4.69, 9.17) is 20.9 Å². The number of rotatable bonds is 10. The third-order valence-electron chi connectivity index (χ3n) is 4.60. The molecular weight excluding hydrogens is 379 g/mol. The summed E-state index contributed by atoms with van der Waals surface area (Å²) in [6.07, 6.45) is 2.77. The molecule has 1 unspecified atom stereocenters. The van der Waals surface area contributed by atoms with Crippen LogP contribution in [0.4, 0.5) is 0 Å². The quantitative estimate of drug-likeness (QED) is 0.215. The summed E-state index contributed by atoms with van der Waals surface area (Å²) in [5.41, 5.74) is 6.29. The number of nitrogens with zero attached hydrogens (tertiary/aromatic N) is 1. The number of nitrogens with two attached hydrogens (primary N) is 1. The van der Waals surface area contributed by atoms with Gasteiger partial charge < -0.3 is 41.3 Å². The molecule has 156 valence electrons. The highest BCUT2D eigenvalue weighted by atomic mass is 16.5. The normalized spacial score (nSPS) is 15.3. The maximum absolute atomic E-state index is 12.4. The molecule has 0 aliphatic carbocycles. The molecule has 2 rings (SSSR count). The second-order valence-electron chi connectivity index (χ2n) is 6.62. The molecule has 1 aromatic carbocycles. The lowest BCUT2D eigenvalue weighted by Crippen LogP contribution is -2.60. The van der Waals surface area contributed by atoms with Crippen molar-refractivity contribution in [1.82, 2.24) is 10.2 Å². The van der Waals surface area contributed by atoms with Gasteiger partial charge in [0.05, 0.1) is 13.1 Å². The molecule has 0 saturated carbocycles. The number of carbonyl (C=O) groups is 2. The molecule has 0 aromatic heterocycles. The number of carboxylic acids is 1. The Labute approximate surface area is 168 Å². The van der Waals surface area contributed by atoms with Gasteiger partial charge in [-0.15, -0.1) is 0 Å². The van der Waals surface area contributed by atoms with Crippen molar-refractivity contribution in [2.75, 3.05) is 20.1 Å². The number of amides is 1. The summed E-state index contributed by atoms with van der Waals surface area (Å²) in [5, 5.41) is 38.7. The largest absolute Gasteiger partial charge is 0.507 e. The summed E-state index contributed by atoms with van der Waals surface area (Å²) in [6, 6.07) is 2.04. The van der Waals surface area contributed by atoms with E-state index in [0.717, 1.165) is 6.21 Å². The molecule has 0 radical (unpaired) electrons. The Kier molecular flexibility index (Phi) is 7.63. The van der Waals surface area contributed by atoms with Crippen LogP contribution in [-0.2, 0) is 11.2 Å². The summed E-state index contributed by atoms with van der Waals surface area (Å²) in [6.45, 7) is 0.424. The third kappa shape index (κ3) is 5.06. The lowest BCUT2D eigenvalue weighted by molar-refractivity contribution is -0.140. The molecule has 1 aromatic rings. The first-order valence-electron chi connectivity index (χ1n) is 9.11. The Bertz CT molecular complexity index is 810. The lowest BCUT2D eigenvalue weighted by atomic mass is 9.90. The molecule has 10 nitrogen and oxygen atoms in total. The van der Waals surface area contributed by atoms with Crippen LogP contribution in [-0.4, -0.2) is 78.0 Å². The van der Waals surface area contributed by atoms with E-state index < -0.39 is 18.1 Å².